The van der Waals surface area contributed by atoms with E-state index in [4.69, 9.17) is 0 Å². The van der Waals surface area contributed by atoms with E-state index in [0.717, 1.165) is 17.5 Å². The van der Waals surface area contributed by atoms with Gasteiger partial charge in [-0.3, -0.25) is 9.59 Å². The summed E-state index contributed by atoms with van der Waals surface area (Å²) in [6, 6.07) is 9.16. The van der Waals surface area contributed by atoms with Crippen LogP contribution in [-0.4, -0.2) is 15.1 Å². The van der Waals surface area contributed by atoms with Gasteiger partial charge in [-0.05, 0) is 30.3 Å². The van der Waals surface area contributed by atoms with Crippen LogP contribution in [0.5, 0.6) is 0 Å². The van der Waals surface area contributed by atoms with Crippen LogP contribution in [0.4, 0.5) is 24.5 Å². The van der Waals surface area contributed by atoms with Crippen LogP contribution in [0.3, 0.4) is 0 Å². The Bertz CT molecular complexity index is 1190. The van der Waals surface area contributed by atoms with Gasteiger partial charge in [0.1, 0.15) is 16.5 Å². The third kappa shape index (κ3) is 4.54. The third-order valence-corrected chi connectivity index (χ3v) is 4.66. The molecule has 1 unspecified atom stereocenters. The summed E-state index contributed by atoms with van der Waals surface area (Å²) >= 11 is 0. The molecule has 0 saturated heterocycles. The van der Waals surface area contributed by atoms with E-state index in [1.54, 1.807) is 18.2 Å². The van der Waals surface area contributed by atoms with Crippen LogP contribution in [0, 0.1) is 0 Å². The summed E-state index contributed by atoms with van der Waals surface area (Å²) in [4.78, 5) is 27.8. The normalized spacial score (nSPS) is 12.4. The highest BCUT2D eigenvalue weighted by molar-refractivity contribution is 7.89. The molecule has 0 fully saturated rings. The minimum atomic E-state index is -4.70. The van der Waals surface area contributed by atoms with Gasteiger partial charge in [-0.1, -0.05) is 18.7 Å². The molecule has 2 aromatic carbocycles. The van der Waals surface area contributed by atoms with Crippen LogP contribution < -0.4 is 15.5 Å². The second kappa shape index (κ2) is 7.92. The Kier molecular flexibility index (Phi) is 5.55. The van der Waals surface area contributed by atoms with Gasteiger partial charge in [-0.2, -0.15) is 13.2 Å². The van der Waals surface area contributed by atoms with Crippen molar-refractivity contribution >= 4 is 39.2 Å². The Morgan fingerprint density at radius 1 is 1.14 bits per heavy atom. The fraction of sp³-hybridized carbons (Fsp3) is 0.0526. The molecule has 10 heteroatoms. The van der Waals surface area contributed by atoms with Gasteiger partial charge in [-0.25, -0.2) is 4.21 Å². The molecule has 6 nitrogen and oxygen atoms in total. The van der Waals surface area contributed by atoms with Crippen molar-refractivity contribution < 1.29 is 22.2 Å². The molecule has 0 spiro atoms. The van der Waals surface area contributed by atoms with Crippen LogP contribution in [0.2, 0.25) is 0 Å². The van der Waals surface area contributed by atoms with Gasteiger partial charge in [0.25, 0.3) is 5.91 Å². The van der Waals surface area contributed by atoms with Gasteiger partial charge in [0.15, 0.2) is 0 Å². The van der Waals surface area contributed by atoms with Crippen LogP contribution >= 0.6 is 0 Å². The first-order valence-electron chi connectivity index (χ1n) is 8.13. The van der Waals surface area contributed by atoms with Crippen molar-refractivity contribution in [3.8, 4) is 0 Å². The standard InChI is InChI=1S/C19H14F3N3O3S/c1-2-29(28)25-13-8-11(19(20,21)22)7-12(9-13)24-18(27)15-10-23-16-6-4-3-5-14(16)17(15)26/h2-10,25H,1H2,(H,23,26)(H,24,27). The van der Waals surface area contributed by atoms with E-state index in [-0.39, 0.29) is 22.3 Å². The highest BCUT2D eigenvalue weighted by atomic mass is 32.2. The topological polar surface area (TPSA) is 91.1 Å². The average molecular weight is 421 g/mol. The molecule has 3 aromatic rings. The van der Waals surface area contributed by atoms with Crippen molar-refractivity contribution in [3.63, 3.8) is 0 Å². The summed E-state index contributed by atoms with van der Waals surface area (Å²) in [6.07, 6.45) is -3.51. The zero-order valence-corrected chi connectivity index (χ0v) is 15.5. The SMILES string of the molecule is C=CS(=O)Nc1cc(NC(=O)c2c[nH]c3ccccc3c2=O)cc(C(F)(F)F)c1. The minimum absolute atomic E-state index is 0.138. The summed E-state index contributed by atoms with van der Waals surface area (Å²) in [5.41, 5.74) is -1.72. The van der Waals surface area contributed by atoms with Crippen LogP contribution in [0.25, 0.3) is 10.9 Å². The Morgan fingerprint density at radius 3 is 2.52 bits per heavy atom. The lowest BCUT2D eigenvalue weighted by Gasteiger charge is -2.13. The molecule has 0 aliphatic carbocycles. The van der Waals surface area contributed by atoms with E-state index in [2.05, 4.69) is 21.6 Å². The zero-order valence-electron chi connectivity index (χ0n) is 14.7. The number of fused-ring (bicyclic) bond motifs is 1. The number of hydrogen-bond donors (Lipinski definition) is 3. The number of pyridine rings is 1. The molecular formula is C19H14F3N3O3S. The van der Waals surface area contributed by atoms with E-state index in [1.807, 2.05) is 0 Å². The number of aromatic amines is 1. The van der Waals surface area contributed by atoms with E-state index in [9.17, 15) is 27.0 Å². The number of alkyl halides is 3. The van der Waals surface area contributed by atoms with Crippen LogP contribution in [0.1, 0.15) is 15.9 Å². The highest BCUT2D eigenvalue weighted by Gasteiger charge is 2.31. The molecule has 0 radical (unpaired) electrons. The number of rotatable bonds is 5. The number of halogens is 3. The predicted molar refractivity (Wildman–Crippen MR) is 106 cm³/mol. The number of aromatic nitrogens is 1. The van der Waals surface area contributed by atoms with E-state index in [0.29, 0.717) is 5.52 Å². The largest absolute Gasteiger partial charge is 0.416 e. The van der Waals surface area contributed by atoms with E-state index in [1.165, 1.54) is 18.3 Å². The second-order valence-electron chi connectivity index (χ2n) is 5.89. The maximum Gasteiger partial charge on any atom is 0.416 e. The fourth-order valence-electron chi connectivity index (χ4n) is 2.61. The lowest BCUT2D eigenvalue weighted by molar-refractivity contribution is -0.137. The fourth-order valence-corrected chi connectivity index (χ4v) is 3.05. The van der Waals surface area contributed by atoms with Crippen molar-refractivity contribution in [3.05, 3.63) is 82.0 Å². The van der Waals surface area contributed by atoms with Gasteiger partial charge in [0, 0.05) is 33.9 Å². The molecule has 150 valence electrons. The maximum absolute atomic E-state index is 13.2. The number of anilines is 2. The van der Waals surface area contributed by atoms with Gasteiger partial charge >= 0.3 is 6.18 Å². The molecule has 29 heavy (non-hydrogen) atoms. The third-order valence-electron chi connectivity index (χ3n) is 3.92. The second-order valence-corrected chi connectivity index (χ2v) is 7.03. The van der Waals surface area contributed by atoms with Crippen molar-refractivity contribution in [2.75, 3.05) is 10.0 Å². The molecule has 3 N–H and O–H groups in total. The molecule has 1 amide bonds. The van der Waals surface area contributed by atoms with Crippen molar-refractivity contribution in [2.45, 2.75) is 6.18 Å². The first kappa shape index (κ1) is 20.3. The van der Waals surface area contributed by atoms with E-state index >= 15 is 0 Å². The highest BCUT2D eigenvalue weighted by Crippen LogP contribution is 2.33. The van der Waals surface area contributed by atoms with Gasteiger partial charge in [0.05, 0.1) is 5.56 Å². The lowest BCUT2D eigenvalue weighted by Crippen LogP contribution is -2.22. The molecule has 1 aromatic heterocycles. The quantitative estimate of drug-likeness (QED) is 0.581. The smallest absolute Gasteiger partial charge is 0.360 e. The average Bonchev–Trinajstić information content (AvgIpc) is 2.67. The summed E-state index contributed by atoms with van der Waals surface area (Å²) in [5, 5.41) is 3.56. The Labute approximate surface area is 165 Å². The molecule has 0 saturated carbocycles. The predicted octanol–water partition coefficient (Wildman–Crippen LogP) is 4.02. The number of benzene rings is 2. The van der Waals surface area contributed by atoms with Gasteiger partial charge < -0.3 is 15.0 Å². The number of carbonyl (C=O) groups is 1. The Morgan fingerprint density at radius 2 is 1.83 bits per heavy atom. The summed E-state index contributed by atoms with van der Waals surface area (Å²) in [6.45, 7) is 3.28. The summed E-state index contributed by atoms with van der Waals surface area (Å²) in [7, 11) is -1.81. The molecule has 0 aliphatic heterocycles. The van der Waals surface area contributed by atoms with Crippen molar-refractivity contribution in [2.24, 2.45) is 0 Å². The number of H-pyrrole nitrogens is 1. The van der Waals surface area contributed by atoms with Crippen molar-refractivity contribution in [1.29, 1.82) is 0 Å². The molecule has 0 aliphatic rings. The Hall–Kier alpha value is -3.40. The van der Waals surface area contributed by atoms with Crippen LogP contribution in [0.15, 0.2) is 65.4 Å². The molecule has 3 rings (SSSR count). The van der Waals surface area contributed by atoms with Crippen LogP contribution in [-0.2, 0) is 17.2 Å². The lowest BCUT2D eigenvalue weighted by atomic mass is 10.1. The molecular weight excluding hydrogens is 407 g/mol. The van der Waals surface area contributed by atoms with E-state index < -0.39 is 34.1 Å². The zero-order chi connectivity index (χ0) is 21.2. The molecule has 1 heterocycles. The van der Waals surface area contributed by atoms with Gasteiger partial charge in [0.2, 0.25) is 5.43 Å². The molecule has 1 atom stereocenters. The monoisotopic (exact) mass is 421 g/mol. The number of nitrogens with one attached hydrogen (secondary N) is 3. The summed E-state index contributed by atoms with van der Waals surface area (Å²) < 4.78 is 53.4. The maximum atomic E-state index is 13.2. The Balaban J connectivity index is 1.98. The first-order chi connectivity index (χ1) is 13.7. The number of para-hydroxylation sites is 1. The number of amides is 1. The first-order valence-corrected chi connectivity index (χ1v) is 9.34. The number of carbonyl (C=O) groups excluding carboxylic acids is 1. The molecule has 0 bridgehead atoms. The van der Waals surface area contributed by atoms with Gasteiger partial charge in [-0.15, -0.1) is 0 Å². The summed E-state index contributed by atoms with van der Waals surface area (Å²) in [5.74, 6) is -0.882. The number of hydrogen-bond acceptors (Lipinski definition) is 3. The van der Waals surface area contributed by atoms with Crippen molar-refractivity contribution in [1.82, 2.24) is 4.98 Å². The minimum Gasteiger partial charge on any atom is -0.360 e.